The molecule has 1 aliphatic carbocycles. The van der Waals surface area contributed by atoms with E-state index in [0.29, 0.717) is 18.4 Å². The van der Waals surface area contributed by atoms with Crippen molar-refractivity contribution in [2.24, 2.45) is 5.92 Å². The third-order valence-electron chi connectivity index (χ3n) is 4.69. The molecule has 1 N–H and O–H groups in total. The summed E-state index contributed by atoms with van der Waals surface area (Å²) in [7, 11) is 1.66. The van der Waals surface area contributed by atoms with Gasteiger partial charge in [0.25, 0.3) is 0 Å². The Morgan fingerprint density at radius 1 is 1.29 bits per heavy atom. The molecule has 0 saturated heterocycles. The zero-order valence-corrected chi connectivity index (χ0v) is 15.1. The van der Waals surface area contributed by atoms with E-state index in [1.807, 2.05) is 29.6 Å². The Hall–Kier alpha value is -1.88. The predicted octanol–water partition coefficient (Wildman–Crippen LogP) is 4.06. The van der Waals surface area contributed by atoms with Gasteiger partial charge in [-0.2, -0.15) is 0 Å². The molecule has 2 atom stereocenters. The second-order valence-corrected chi connectivity index (χ2v) is 7.34. The molecule has 3 rings (SSSR count). The van der Waals surface area contributed by atoms with Crippen LogP contribution < -0.4 is 10.1 Å². The highest BCUT2D eigenvalue weighted by Gasteiger charge is 2.23. The van der Waals surface area contributed by atoms with E-state index in [2.05, 4.69) is 17.2 Å². The van der Waals surface area contributed by atoms with E-state index in [4.69, 9.17) is 4.74 Å². The molecule has 1 aliphatic rings. The van der Waals surface area contributed by atoms with Crippen LogP contribution in [0, 0.1) is 5.92 Å². The van der Waals surface area contributed by atoms with E-state index in [-0.39, 0.29) is 5.91 Å². The molecular weight excluding hydrogens is 320 g/mol. The second kappa shape index (κ2) is 7.79. The van der Waals surface area contributed by atoms with Gasteiger partial charge in [-0.05, 0) is 43.0 Å². The van der Waals surface area contributed by atoms with Crippen LogP contribution in [0.5, 0.6) is 5.75 Å². The van der Waals surface area contributed by atoms with Gasteiger partial charge in [-0.1, -0.05) is 19.8 Å². The maximum atomic E-state index is 12.3. The predicted molar refractivity (Wildman–Crippen MR) is 97.4 cm³/mol. The molecule has 1 aromatic carbocycles. The highest BCUT2D eigenvalue weighted by atomic mass is 32.1. The first-order chi connectivity index (χ1) is 11.7. The molecule has 5 heteroatoms. The molecule has 4 nitrogen and oxygen atoms in total. The van der Waals surface area contributed by atoms with E-state index < -0.39 is 0 Å². The van der Waals surface area contributed by atoms with E-state index in [9.17, 15) is 4.79 Å². The monoisotopic (exact) mass is 344 g/mol. The summed E-state index contributed by atoms with van der Waals surface area (Å²) in [5.74, 6) is 1.49. The number of nitrogens with zero attached hydrogens (tertiary/aromatic N) is 1. The minimum atomic E-state index is 0.0836. The summed E-state index contributed by atoms with van der Waals surface area (Å²) in [4.78, 5) is 16.9. The van der Waals surface area contributed by atoms with Crippen LogP contribution in [0.4, 0.5) is 0 Å². The minimum absolute atomic E-state index is 0.0836. The smallest absolute Gasteiger partial charge is 0.226 e. The first kappa shape index (κ1) is 17.0. The number of hydrogen-bond acceptors (Lipinski definition) is 4. The number of ether oxygens (including phenoxy) is 1. The average molecular weight is 344 g/mol. The van der Waals surface area contributed by atoms with Crippen molar-refractivity contribution in [1.82, 2.24) is 10.3 Å². The van der Waals surface area contributed by atoms with Crippen molar-refractivity contribution in [2.75, 3.05) is 7.11 Å². The highest BCUT2D eigenvalue weighted by molar-refractivity contribution is 7.13. The van der Waals surface area contributed by atoms with Gasteiger partial charge < -0.3 is 10.1 Å². The fourth-order valence-corrected chi connectivity index (χ4v) is 4.03. The maximum Gasteiger partial charge on any atom is 0.226 e. The van der Waals surface area contributed by atoms with Gasteiger partial charge in [0.15, 0.2) is 0 Å². The number of rotatable bonds is 5. The number of carbonyl (C=O) groups excluding carboxylic acids is 1. The summed E-state index contributed by atoms with van der Waals surface area (Å²) < 4.78 is 5.17. The third kappa shape index (κ3) is 4.15. The Morgan fingerprint density at radius 3 is 2.75 bits per heavy atom. The number of carbonyl (C=O) groups is 1. The van der Waals surface area contributed by atoms with Crippen LogP contribution in [0.25, 0.3) is 10.6 Å². The Kier molecular flexibility index (Phi) is 5.51. The van der Waals surface area contributed by atoms with Crippen molar-refractivity contribution in [1.29, 1.82) is 0 Å². The molecule has 0 bridgehead atoms. The van der Waals surface area contributed by atoms with Gasteiger partial charge in [0.05, 0.1) is 19.2 Å². The number of thiazole rings is 1. The van der Waals surface area contributed by atoms with Gasteiger partial charge in [-0.15, -0.1) is 11.3 Å². The first-order valence-electron chi connectivity index (χ1n) is 8.54. The molecule has 24 heavy (non-hydrogen) atoms. The van der Waals surface area contributed by atoms with Crippen molar-refractivity contribution in [3.63, 3.8) is 0 Å². The Labute approximate surface area is 147 Å². The summed E-state index contributed by atoms with van der Waals surface area (Å²) in [5, 5.41) is 6.10. The highest BCUT2D eigenvalue weighted by Crippen LogP contribution is 2.26. The van der Waals surface area contributed by atoms with Crippen molar-refractivity contribution in [3.8, 4) is 16.3 Å². The normalized spacial score (nSPS) is 20.6. The molecule has 1 fully saturated rings. The van der Waals surface area contributed by atoms with Gasteiger partial charge in [0.2, 0.25) is 5.91 Å². The fourth-order valence-electron chi connectivity index (χ4n) is 3.21. The van der Waals surface area contributed by atoms with Crippen LogP contribution in [-0.4, -0.2) is 24.0 Å². The maximum absolute atomic E-state index is 12.3. The van der Waals surface area contributed by atoms with E-state index in [1.54, 1.807) is 18.4 Å². The zero-order chi connectivity index (χ0) is 16.9. The number of amides is 1. The van der Waals surface area contributed by atoms with Crippen LogP contribution in [0.2, 0.25) is 0 Å². The lowest BCUT2D eigenvalue weighted by Gasteiger charge is -2.29. The molecule has 128 valence electrons. The van der Waals surface area contributed by atoms with Crippen molar-refractivity contribution < 1.29 is 9.53 Å². The molecule has 0 unspecified atom stereocenters. The van der Waals surface area contributed by atoms with E-state index in [1.165, 1.54) is 19.3 Å². The number of hydrogen-bond donors (Lipinski definition) is 1. The molecule has 0 radical (unpaired) electrons. The Balaban J connectivity index is 1.59. The van der Waals surface area contributed by atoms with Crippen LogP contribution in [-0.2, 0) is 11.2 Å². The standard InChI is InChI=1S/C19H24N2O2S/c1-13-5-3-4-6-17(13)21-18(22)11-15-12-24-19(20-15)14-7-9-16(23-2)10-8-14/h7-10,12-13,17H,3-6,11H2,1-2H3,(H,21,22)/t13-,17+/m1/s1. The van der Waals surface area contributed by atoms with Crippen molar-refractivity contribution in [2.45, 2.75) is 45.1 Å². The average Bonchev–Trinajstić information content (AvgIpc) is 3.05. The number of methoxy groups -OCH3 is 1. The molecule has 1 amide bonds. The topological polar surface area (TPSA) is 51.2 Å². The summed E-state index contributed by atoms with van der Waals surface area (Å²) in [6.07, 6.45) is 5.17. The van der Waals surface area contributed by atoms with Gasteiger partial charge in [0, 0.05) is 17.0 Å². The Morgan fingerprint density at radius 2 is 2.04 bits per heavy atom. The molecule has 1 heterocycles. The SMILES string of the molecule is COc1ccc(-c2nc(CC(=O)N[C@H]3CCCC[C@H]3C)cs2)cc1. The van der Waals surface area contributed by atoms with Gasteiger partial charge in [-0.3, -0.25) is 4.79 Å². The van der Waals surface area contributed by atoms with E-state index >= 15 is 0 Å². The second-order valence-electron chi connectivity index (χ2n) is 6.49. The molecular formula is C19H24N2O2S. The first-order valence-corrected chi connectivity index (χ1v) is 9.42. The minimum Gasteiger partial charge on any atom is -0.497 e. The van der Waals surface area contributed by atoms with Gasteiger partial charge in [-0.25, -0.2) is 4.98 Å². The molecule has 1 saturated carbocycles. The molecule has 1 aromatic heterocycles. The summed E-state index contributed by atoms with van der Waals surface area (Å²) in [6, 6.07) is 8.16. The van der Waals surface area contributed by atoms with Gasteiger partial charge in [0.1, 0.15) is 10.8 Å². The molecule has 2 aromatic rings. The number of nitrogens with one attached hydrogen (secondary N) is 1. The van der Waals surface area contributed by atoms with Crippen molar-refractivity contribution in [3.05, 3.63) is 35.3 Å². The summed E-state index contributed by atoms with van der Waals surface area (Å²) in [6.45, 7) is 2.23. The van der Waals surface area contributed by atoms with Crippen LogP contribution >= 0.6 is 11.3 Å². The number of benzene rings is 1. The summed E-state index contributed by atoms with van der Waals surface area (Å²) >= 11 is 1.57. The van der Waals surface area contributed by atoms with Crippen molar-refractivity contribution >= 4 is 17.2 Å². The lowest BCUT2D eigenvalue weighted by molar-refractivity contribution is -0.121. The lowest BCUT2D eigenvalue weighted by Crippen LogP contribution is -2.41. The van der Waals surface area contributed by atoms with Crippen LogP contribution in [0.1, 0.15) is 38.3 Å². The molecule has 0 spiro atoms. The molecule has 0 aliphatic heterocycles. The fraction of sp³-hybridized carbons (Fsp3) is 0.474. The van der Waals surface area contributed by atoms with Gasteiger partial charge >= 0.3 is 0 Å². The third-order valence-corrected chi connectivity index (χ3v) is 5.63. The zero-order valence-electron chi connectivity index (χ0n) is 14.2. The Bertz CT molecular complexity index is 681. The number of aromatic nitrogens is 1. The summed E-state index contributed by atoms with van der Waals surface area (Å²) in [5.41, 5.74) is 1.89. The quantitative estimate of drug-likeness (QED) is 0.890. The van der Waals surface area contributed by atoms with Crippen LogP contribution in [0.3, 0.4) is 0 Å². The van der Waals surface area contributed by atoms with Crippen LogP contribution in [0.15, 0.2) is 29.6 Å². The van der Waals surface area contributed by atoms with E-state index in [0.717, 1.165) is 28.4 Å². The largest absolute Gasteiger partial charge is 0.497 e. The lowest BCUT2D eigenvalue weighted by atomic mass is 9.86.